The average molecular weight is 212 g/mol. The highest BCUT2D eigenvalue weighted by molar-refractivity contribution is 5.71. The smallest absolute Gasteiger partial charge is 0.0649 e. The molecule has 0 saturated heterocycles. The van der Waals surface area contributed by atoms with Crippen molar-refractivity contribution in [3.8, 4) is 0 Å². The van der Waals surface area contributed by atoms with Crippen LogP contribution < -0.4 is 0 Å². The molecule has 1 heterocycles. The monoisotopic (exact) mass is 212 g/mol. The van der Waals surface area contributed by atoms with Crippen molar-refractivity contribution in [3.63, 3.8) is 0 Å². The first-order chi connectivity index (χ1) is 7.92. The molecule has 80 valence electrons. The maximum atomic E-state index is 8.70. The van der Waals surface area contributed by atoms with Gasteiger partial charge in [-0.05, 0) is 17.7 Å². The third-order valence-corrected chi connectivity index (χ3v) is 2.38. The van der Waals surface area contributed by atoms with Gasteiger partial charge in [0.25, 0.3) is 0 Å². The topological polar surface area (TPSA) is 45.5 Å². The number of benzene rings is 1. The van der Waals surface area contributed by atoms with Crippen LogP contribution in [0, 0.1) is 0 Å². The van der Waals surface area contributed by atoms with E-state index in [1.54, 1.807) is 6.20 Å². The van der Waals surface area contributed by atoms with E-state index in [4.69, 9.17) is 5.21 Å². The number of hydrogen-bond acceptors (Lipinski definition) is 3. The van der Waals surface area contributed by atoms with Gasteiger partial charge >= 0.3 is 0 Å². The van der Waals surface area contributed by atoms with E-state index in [0.29, 0.717) is 0 Å². The molecule has 1 atom stereocenters. The molecular formula is C13H12N2O. The van der Waals surface area contributed by atoms with Crippen molar-refractivity contribution in [2.45, 2.75) is 5.92 Å². The largest absolute Gasteiger partial charge is 0.411 e. The van der Waals surface area contributed by atoms with Gasteiger partial charge in [0, 0.05) is 6.20 Å². The zero-order valence-corrected chi connectivity index (χ0v) is 8.69. The molecule has 0 radical (unpaired) electrons. The van der Waals surface area contributed by atoms with Gasteiger partial charge in [0.1, 0.15) is 0 Å². The van der Waals surface area contributed by atoms with Crippen molar-refractivity contribution in [2.75, 3.05) is 0 Å². The molecule has 1 aromatic heterocycles. The van der Waals surface area contributed by atoms with Crippen LogP contribution in [0.4, 0.5) is 0 Å². The first-order valence-electron chi connectivity index (χ1n) is 5.05. The SMILES string of the molecule is O/N=C/C(c1ccccc1)c1ccccn1. The van der Waals surface area contributed by atoms with Gasteiger partial charge in [-0.1, -0.05) is 36.4 Å². The predicted molar refractivity (Wildman–Crippen MR) is 62.8 cm³/mol. The normalized spacial score (nSPS) is 12.8. The lowest BCUT2D eigenvalue weighted by Crippen LogP contribution is -2.04. The van der Waals surface area contributed by atoms with E-state index in [1.165, 1.54) is 6.21 Å². The van der Waals surface area contributed by atoms with Crippen molar-refractivity contribution in [1.82, 2.24) is 4.98 Å². The van der Waals surface area contributed by atoms with Gasteiger partial charge in [-0.25, -0.2) is 0 Å². The summed E-state index contributed by atoms with van der Waals surface area (Å²) in [6, 6.07) is 15.5. The second kappa shape index (κ2) is 5.07. The first-order valence-corrected chi connectivity index (χ1v) is 5.05. The van der Waals surface area contributed by atoms with E-state index in [9.17, 15) is 0 Å². The van der Waals surface area contributed by atoms with Crippen molar-refractivity contribution >= 4 is 6.21 Å². The van der Waals surface area contributed by atoms with Gasteiger partial charge in [0.15, 0.2) is 0 Å². The molecule has 1 aromatic carbocycles. The van der Waals surface area contributed by atoms with E-state index in [0.717, 1.165) is 11.3 Å². The minimum atomic E-state index is -0.104. The van der Waals surface area contributed by atoms with Crippen LogP contribution in [0.2, 0.25) is 0 Å². The molecule has 16 heavy (non-hydrogen) atoms. The molecular weight excluding hydrogens is 200 g/mol. The highest BCUT2D eigenvalue weighted by Crippen LogP contribution is 2.20. The summed E-state index contributed by atoms with van der Waals surface area (Å²) in [7, 11) is 0. The Kier molecular flexibility index (Phi) is 3.28. The molecule has 0 aliphatic rings. The molecule has 2 rings (SSSR count). The fourth-order valence-electron chi connectivity index (χ4n) is 1.62. The lowest BCUT2D eigenvalue weighted by molar-refractivity contribution is 0.320. The Morgan fingerprint density at radius 3 is 2.44 bits per heavy atom. The third-order valence-electron chi connectivity index (χ3n) is 2.38. The molecule has 3 heteroatoms. The number of pyridine rings is 1. The third kappa shape index (κ3) is 2.25. The van der Waals surface area contributed by atoms with Crippen LogP contribution in [0.25, 0.3) is 0 Å². The maximum absolute atomic E-state index is 8.70. The standard InChI is InChI=1S/C13H12N2O/c16-15-10-12(11-6-2-1-3-7-11)13-8-4-5-9-14-13/h1-10,12,16H/b15-10+. The summed E-state index contributed by atoms with van der Waals surface area (Å²) in [6.07, 6.45) is 3.22. The number of hydrogen-bond donors (Lipinski definition) is 1. The first kappa shape index (κ1) is 10.4. The number of nitrogens with zero attached hydrogens (tertiary/aromatic N) is 2. The van der Waals surface area contributed by atoms with Gasteiger partial charge < -0.3 is 5.21 Å². The highest BCUT2D eigenvalue weighted by Gasteiger charge is 2.12. The van der Waals surface area contributed by atoms with Crippen molar-refractivity contribution < 1.29 is 5.21 Å². The van der Waals surface area contributed by atoms with Crippen molar-refractivity contribution in [2.24, 2.45) is 5.16 Å². The van der Waals surface area contributed by atoms with Crippen molar-refractivity contribution in [3.05, 3.63) is 66.0 Å². The predicted octanol–water partition coefficient (Wildman–Crippen LogP) is 2.67. The summed E-state index contributed by atoms with van der Waals surface area (Å²) in [6.45, 7) is 0. The maximum Gasteiger partial charge on any atom is 0.0649 e. The van der Waals surface area contributed by atoms with E-state index in [1.807, 2.05) is 48.5 Å². The van der Waals surface area contributed by atoms with E-state index in [-0.39, 0.29) is 5.92 Å². The molecule has 0 spiro atoms. The number of rotatable bonds is 3. The van der Waals surface area contributed by atoms with Crippen LogP contribution in [0.15, 0.2) is 59.9 Å². The van der Waals surface area contributed by atoms with E-state index < -0.39 is 0 Å². The highest BCUT2D eigenvalue weighted by atomic mass is 16.4. The molecule has 0 saturated carbocycles. The van der Waals surface area contributed by atoms with Gasteiger partial charge in [0.2, 0.25) is 0 Å². The van der Waals surface area contributed by atoms with Gasteiger partial charge in [-0.15, -0.1) is 5.16 Å². The van der Waals surface area contributed by atoms with Gasteiger partial charge in [-0.2, -0.15) is 0 Å². The Morgan fingerprint density at radius 1 is 1.06 bits per heavy atom. The molecule has 3 nitrogen and oxygen atoms in total. The fraction of sp³-hybridized carbons (Fsp3) is 0.0769. The van der Waals surface area contributed by atoms with Crippen LogP contribution in [0.3, 0.4) is 0 Å². The van der Waals surface area contributed by atoms with Gasteiger partial charge in [-0.3, -0.25) is 4.98 Å². The van der Waals surface area contributed by atoms with Crippen LogP contribution in [-0.2, 0) is 0 Å². The molecule has 0 amide bonds. The summed E-state index contributed by atoms with van der Waals surface area (Å²) in [5.74, 6) is -0.104. The lowest BCUT2D eigenvalue weighted by atomic mass is 9.96. The fourth-order valence-corrected chi connectivity index (χ4v) is 1.62. The zero-order valence-electron chi connectivity index (χ0n) is 8.69. The van der Waals surface area contributed by atoms with Gasteiger partial charge in [0.05, 0.1) is 17.8 Å². The average Bonchev–Trinajstić information content (AvgIpc) is 2.38. The Labute approximate surface area is 94.1 Å². The minimum Gasteiger partial charge on any atom is -0.411 e. The number of aromatic nitrogens is 1. The van der Waals surface area contributed by atoms with E-state index in [2.05, 4.69) is 10.1 Å². The Morgan fingerprint density at radius 2 is 1.81 bits per heavy atom. The molecule has 2 aromatic rings. The summed E-state index contributed by atoms with van der Waals surface area (Å²) >= 11 is 0. The number of oxime groups is 1. The second-order valence-corrected chi connectivity index (χ2v) is 3.41. The van der Waals surface area contributed by atoms with Crippen LogP contribution in [0.1, 0.15) is 17.2 Å². The summed E-state index contributed by atoms with van der Waals surface area (Å²) in [5.41, 5.74) is 1.92. The summed E-state index contributed by atoms with van der Waals surface area (Å²) in [4.78, 5) is 4.27. The Hall–Kier alpha value is -2.16. The second-order valence-electron chi connectivity index (χ2n) is 3.41. The molecule has 0 fully saturated rings. The van der Waals surface area contributed by atoms with Crippen LogP contribution in [-0.4, -0.2) is 16.4 Å². The molecule has 0 aliphatic heterocycles. The molecule has 1 N–H and O–H groups in total. The Bertz CT molecular complexity index is 414. The van der Waals surface area contributed by atoms with Crippen LogP contribution in [0.5, 0.6) is 0 Å². The lowest BCUT2D eigenvalue weighted by Gasteiger charge is -2.10. The molecule has 0 aliphatic carbocycles. The van der Waals surface area contributed by atoms with Crippen molar-refractivity contribution in [1.29, 1.82) is 0 Å². The Balaban J connectivity index is 2.39. The quantitative estimate of drug-likeness (QED) is 0.483. The molecule has 1 unspecified atom stereocenters. The summed E-state index contributed by atoms with van der Waals surface area (Å²) < 4.78 is 0. The van der Waals surface area contributed by atoms with Crippen LogP contribution >= 0.6 is 0 Å². The zero-order chi connectivity index (χ0) is 11.2. The minimum absolute atomic E-state index is 0.104. The summed E-state index contributed by atoms with van der Waals surface area (Å²) in [5, 5.41) is 11.8. The molecule has 0 bridgehead atoms. The van der Waals surface area contributed by atoms with E-state index >= 15 is 0 Å².